The van der Waals surface area contributed by atoms with E-state index in [0.29, 0.717) is 4.90 Å². The van der Waals surface area contributed by atoms with Gasteiger partial charge in [-0.25, -0.2) is 4.21 Å². The highest BCUT2D eigenvalue weighted by molar-refractivity contribution is 8.08. The van der Waals surface area contributed by atoms with Gasteiger partial charge in [-0.15, -0.1) is 0 Å². The molecule has 0 heterocycles. The normalized spacial score (nSPS) is 11.3. The van der Waals surface area contributed by atoms with E-state index in [-0.39, 0.29) is 0 Å². The van der Waals surface area contributed by atoms with Crippen molar-refractivity contribution < 1.29 is 4.21 Å². The summed E-state index contributed by atoms with van der Waals surface area (Å²) in [5, 5.41) is 0. The Labute approximate surface area is 80.7 Å². The van der Waals surface area contributed by atoms with Crippen molar-refractivity contribution in [2.24, 2.45) is 0 Å². The van der Waals surface area contributed by atoms with Crippen LogP contribution in [-0.4, -0.2) is 4.21 Å². The minimum absolute atomic E-state index is 0.660. The van der Waals surface area contributed by atoms with Gasteiger partial charge >= 0.3 is 0 Å². The third-order valence-electron chi connectivity index (χ3n) is 1.21. The summed E-state index contributed by atoms with van der Waals surface area (Å²) in [4.78, 5) is 0.660. The molecule has 0 aliphatic carbocycles. The van der Waals surface area contributed by atoms with E-state index in [9.17, 15) is 4.21 Å². The fourth-order valence-corrected chi connectivity index (χ4v) is 1.30. The SMILES string of the molecule is CC.Cc1ccc(S(=O)Cl)cc1. The van der Waals surface area contributed by atoms with Crippen LogP contribution in [0.4, 0.5) is 0 Å². The first-order chi connectivity index (χ1) is 5.70. The zero-order valence-electron chi connectivity index (χ0n) is 7.50. The number of hydrogen-bond donors (Lipinski definition) is 0. The Kier molecular flexibility index (Phi) is 6.03. The van der Waals surface area contributed by atoms with E-state index in [4.69, 9.17) is 10.7 Å². The molecule has 1 atom stereocenters. The number of rotatable bonds is 1. The highest BCUT2D eigenvalue weighted by Crippen LogP contribution is 2.10. The first-order valence-electron chi connectivity index (χ1n) is 3.85. The number of halogens is 1. The molecule has 0 fully saturated rings. The van der Waals surface area contributed by atoms with Crippen molar-refractivity contribution in [1.29, 1.82) is 0 Å². The molecule has 1 rings (SSSR count). The predicted octanol–water partition coefficient (Wildman–Crippen LogP) is 3.28. The van der Waals surface area contributed by atoms with Gasteiger partial charge in [0.15, 0.2) is 0 Å². The minimum Gasteiger partial charge on any atom is -0.237 e. The standard InChI is InChI=1S/C7H7ClOS.C2H6/c1-6-2-4-7(5-3-6)10(8)9;1-2/h2-5H,1H3;1-2H3. The Morgan fingerprint density at radius 3 is 1.92 bits per heavy atom. The third kappa shape index (κ3) is 3.88. The smallest absolute Gasteiger partial charge is 0.147 e. The molecule has 1 aromatic rings. The van der Waals surface area contributed by atoms with Crippen LogP contribution in [0.2, 0.25) is 0 Å². The molecule has 1 aromatic carbocycles. The molecule has 12 heavy (non-hydrogen) atoms. The zero-order chi connectivity index (χ0) is 9.56. The lowest BCUT2D eigenvalue weighted by Crippen LogP contribution is -1.80. The van der Waals surface area contributed by atoms with Gasteiger partial charge in [0.25, 0.3) is 0 Å². The Hall–Kier alpha value is -0.340. The molecule has 1 nitrogen and oxygen atoms in total. The molecule has 0 aliphatic rings. The van der Waals surface area contributed by atoms with Gasteiger partial charge in [0.05, 0.1) is 4.90 Å². The molecular formula is C9H13ClOS. The van der Waals surface area contributed by atoms with Crippen LogP contribution >= 0.6 is 10.7 Å². The van der Waals surface area contributed by atoms with Crippen LogP contribution in [0, 0.1) is 6.92 Å². The van der Waals surface area contributed by atoms with Crippen LogP contribution in [0.15, 0.2) is 29.2 Å². The monoisotopic (exact) mass is 204 g/mol. The van der Waals surface area contributed by atoms with Crippen LogP contribution in [0.25, 0.3) is 0 Å². The van der Waals surface area contributed by atoms with Gasteiger partial charge in [-0.2, -0.15) is 0 Å². The highest BCUT2D eigenvalue weighted by atomic mass is 35.7. The number of aryl methyl sites for hydroxylation is 1. The molecule has 0 spiro atoms. The largest absolute Gasteiger partial charge is 0.237 e. The Morgan fingerprint density at radius 2 is 1.58 bits per heavy atom. The molecule has 0 radical (unpaired) electrons. The fraction of sp³-hybridized carbons (Fsp3) is 0.333. The van der Waals surface area contributed by atoms with Gasteiger partial charge in [0, 0.05) is 0 Å². The van der Waals surface area contributed by atoms with Gasteiger partial charge in [0.1, 0.15) is 10.0 Å². The first-order valence-corrected chi connectivity index (χ1v) is 5.82. The second-order valence-electron chi connectivity index (χ2n) is 2.04. The summed E-state index contributed by atoms with van der Waals surface area (Å²) in [5.41, 5.74) is 1.14. The van der Waals surface area contributed by atoms with Gasteiger partial charge in [-0.3, -0.25) is 0 Å². The quantitative estimate of drug-likeness (QED) is 0.642. The summed E-state index contributed by atoms with van der Waals surface area (Å²) in [6.07, 6.45) is 0. The van der Waals surface area contributed by atoms with Crippen LogP contribution in [0.3, 0.4) is 0 Å². The molecule has 0 amide bonds. The average Bonchev–Trinajstić information content (AvgIpc) is 2.09. The molecule has 0 saturated carbocycles. The third-order valence-corrected chi connectivity index (χ3v) is 2.38. The molecule has 3 heteroatoms. The van der Waals surface area contributed by atoms with Gasteiger partial charge in [0.2, 0.25) is 0 Å². The van der Waals surface area contributed by atoms with Gasteiger partial charge < -0.3 is 0 Å². The maximum Gasteiger partial charge on any atom is 0.147 e. The van der Waals surface area contributed by atoms with Crippen molar-refractivity contribution >= 4 is 20.7 Å². The summed E-state index contributed by atoms with van der Waals surface area (Å²) in [7, 11) is 3.96. The first kappa shape index (κ1) is 11.7. The lowest BCUT2D eigenvalue weighted by atomic mass is 10.2. The van der Waals surface area contributed by atoms with E-state index >= 15 is 0 Å². The molecule has 0 aliphatic heterocycles. The van der Waals surface area contributed by atoms with Crippen molar-refractivity contribution in [3.8, 4) is 0 Å². The summed E-state index contributed by atoms with van der Waals surface area (Å²) in [5.74, 6) is 0. The molecule has 0 bridgehead atoms. The maximum absolute atomic E-state index is 10.6. The average molecular weight is 205 g/mol. The summed E-state index contributed by atoms with van der Waals surface area (Å²) < 4.78 is 10.6. The van der Waals surface area contributed by atoms with Crippen molar-refractivity contribution in [2.45, 2.75) is 25.7 Å². The van der Waals surface area contributed by atoms with Crippen molar-refractivity contribution in [3.63, 3.8) is 0 Å². The second kappa shape index (κ2) is 6.21. The molecule has 0 aromatic heterocycles. The van der Waals surface area contributed by atoms with Crippen LogP contribution in [0.5, 0.6) is 0 Å². The maximum atomic E-state index is 10.6. The minimum atomic E-state index is -1.36. The predicted molar refractivity (Wildman–Crippen MR) is 54.8 cm³/mol. The van der Waals surface area contributed by atoms with Crippen molar-refractivity contribution in [3.05, 3.63) is 29.8 Å². The van der Waals surface area contributed by atoms with Crippen LogP contribution in [0.1, 0.15) is 19.4 Å². The van der Waals surface area contributed by atoms with E-state index in [2.05, 4.69) is 0 Å². The van der Waals surface area contributed by atoms with Crippen molar-refractivity contribution in [2.75, 3.05) is 0 Å². The summed E-state index contributed by atoms with van der Waals surface area (Å²) in [6.45, 7) is 5.97. The second-order valence-corrected chi connectivity index (χ2v) is 3.80. The van der Waals surface area contributed by atoms with Crippen LogP contribution < -0.4 is 0 Å². The zero-order valence-corrected chi connectivity index (χ0v) is 9.08. The van der Waals surface area contributed by atoms with E-state index in [1.165, 1.54) is 0 Å². The number of benzene rings is 1. The fourth-order valence-electron chi connectivity index (χ4n) is 0.645. The van der Waals surface area contributed by atoms with Gasteiger partial charge in [-0.05, 0) is 29.7 Å². The summed E-state index contributed by atoms with van der Waals surface area (Å²) in [6, 6.07) is 7.29. The van der Waals surface area contributed by atoms with Gasteiger partial charge in [-0.1, -0.05) is 31.5 Å². The van der Waals surface area contributed by atoms with E-state index in [0.717, 1.165) is 5.56 Å². The Morgan fingerprint density at radius 1 is 1.17 bits per heavy atom. The van der Waals surface area contributed by atoms with Crippen LogP contribution in [-0.2, 0) is 10.0 Å². The molecule has 1 unspecified atom stereocenters. The van der Waals surface area contributed by atoms with Crippen molar-refractivity contribution in [1.82, 2.24) is 0 Å². The highest BCUT2D eigenvalue weighted by Gasteiger charge is 1.96. The molecule has 68 valence electrons. The Balaban J connectivity index is 0.000000561. The molecular weight excluding hydrogens is 192 g/mol. The Bertz CT molecular complexity index is 243. The van der Waals surface area contributed by atoms with E-state index < -0.39 is 10.0 Å². The van der Waals surface area contributed by atoms with E-state index in [1.807, 2.05) is 32.9 Å². The lowest BCUT2D eigenvalue weighted by molar-refractivity contribution is 0.691. The number of hydrogen-bond acceptors (Lipinski definition) is 1. The van der Waals surface area contributed by atoms with E-state index in [1.54, 1.807) is 12.1 Å². The summed E-state index contributed by atoms with van der Waals surface area (Å²) >= 11 is 0. The molecule has 0 N–H and O–H groups in total. The topological polar surface area (TPSA) is 17.1 Å². The molecule has 0 saturated heterocycles. The lowest BCUT2D eigenvalue weighted by Gasteiger charge is -1.93.